The van der Waals surface area contributed by atoms with Gasteiger partial charge in [-0.25, -0.2) is 0 Å². The molecule has 4 nitrogen and oxygen atoms in total. The van der Waals surface area contributed by atoms with Gasteiger partial charge in [0.25, 0.3) is 0 Å². The normalized spacial score (nSPS) is 19.3. The predicted molar refractivity (Wildman–Crippen MR) is 156 cm³/mol. The lowest BCUT2D eigenvalue weighted by atomic mass is 9.91. The molecule has 6 heteroatoms. The Morgan fingerprint density at radius 3 is 2.43 bits per heavy atom. The average molecular weight is 580 g/mol. The molecule has 3 aromatic rings. The zero-order valence-electron chi connectivity index (χ0n) is 21.6. The Kier molecular flexibility index (Phi) is 9.49. The van der Waals surface area contributed by atoms with Crippen LogP contribution in [0.4, 0.5) is 0 Å². The number of carbonyl (C=O) groups excluding carboxylic acids is 2. The molecule has 0 spiro atoms. The highest BCUT2D eigenvalue weighted by molar-refractivity contribution is 9.10. The Balaban J connectivity index is 1.67. The van der Waals surface area contributed by atoms with E-state index < -0.39 is 4.75 Å². The molecule has 0 aliphatic carbocycles. The van der Waals surface area contributed by atoms with E-state index in [1.807, 2.05) is 59.5 Å². The lowest BCUT2D eigenvalue weighted by Crippen LogP contribution is -2.49. The van der Waals surface area contributed by atoms with E-state index in [0.29, 0.717) is 13.1 Å². The summed E-state index contributed by atoms with van der Waals surface area (Å²) in [5, 5.41) is 3.23. The average Bonchev–Trinajstić information content (AvgIpc) is 3.18. The second kappa shape index (κ2) is 12.8. The summed E-state index contributed by atoms with van der Waals surface area (Å²) in [6.45, 7) is 5.23. The summed E-state index contributed by atoms with van der Waals surface area (Å²) in [5.74, 6) is 0.794. The zero-order valence-corrected chi connectivity index (χ0v) is 24.0. The van der Waals surface area contributed by atoms with Gasteiger partial charge in [-0.15, -0.1) is 11.8 Å². The molecule has 1 fully saturated rings. The van der Waals surface area contributed by atoms with Gasteiger partial charge in [0.05, 0.1) is 12.5 Å². The van der Waals surface area contributed by atoms with Gasteiger partial charge in [-0.05, 0) is 48.3 Å². The van der Waals surface area contributed by atoms with Crippen molar-refractivity contribution < 1.29 is 9.59 Å². The fourth-order valence-corrected chi connectivity index (χ4v) is 7.06. The standard InChI is InChI=1S/C31H35BrN2O2S/c1-3-4-20-37-31(30(36)33-19-18-24-16-14-23(2)15-17-24)21-28(35)34(22-25-10-6-5-7-11-25)29(31)26-12-8-9-13-27(26)32/h5-17,29H,3-4,18-22H2,1-2H3,(H,33,36). The number of amides is 2. The highest BCUT2D eigenvalue weighted by Gasteiger charge is 2.57. The van der Waals surface area contributed by atoms with Gasteiger partial charge in [0.15, 0.2) is 0 Å². The van der Waals surface area contributed by atoms with Crippen molar-refractivity contribution in [2.45, 2.75) is 56.9 Å². The van der Waals surface area contributed by atoms with E-state index >= 15 is 0 Å². The summed E-state index contributed by atoms with van der Waals surface area (Å²) in [7, 11) is 0. The molecular weight excluding hydrogens is 544 g/mol. The molecule has 0 radical (unpaired) electrons. The number of nitrogens with zero attached hydrogens (tertiary/aromatic N) is 1. The summed E-state index contributed by atoms with van der Waals surface area (Å²) in [5.41, 5.74) is 4.44. The number of halogens is 1. The number of carbonyl (C=O) groups is 2. The van der Waals surface area contributed by atoms with E-state index in [2.05, 4.69) is 59.4 Å². The molecule has 194 valence electrons. The maximum atomic E-state index is 14.1. The summed E-state index contributed by atoms with van der Waals surface area (Å²) >= 11 is 5.38. The van der Waals surface area contributed by atoms with Crippen LogP contribution in [-0.2, 0) is 22.6 Å². The van der Waals surface area contributed by atoms with Crippen molar-refractivity contribution in [3.8, 4) is 0 Å². The first-order valence-corrected chi connectivity index (χ1v) is 14.8. The monoisotopic (exact) mass is 578 g/mol. The van der Waals surface area contributed by atoms with Crippen molar-refractivity contribution >= 4 is 39.5 Å². The highest BCUT2D eigenvalue weighted by atomic mass is 79.9. The number of benzene rings is 3. The van der Waals surface area contributed by atoms with Gasteiger partial charge in [0.1, 0.15) is 4.75 Å². The van der Waals surface area contributed by atoms with Crippen molar-refractivity contribution in [1.82, 2.24) is 10.2 Å². The highest BCUT2D eigenvalue weighted by Crippen LogP contribution is 2.52. The van der Waals surface area contributed by atoms with Gasteiger partial charge in [0, 0.05) is 17.6 Å². The SMILES string of the molecule is CCCCSC1(C(=O)NCCc2ccc(C)cc2)CC(=O)N(Cc2ccccc2)C1c1ccccc1Br. The maximum absolute atomic E-state index is 14.1. The first-order chi connectivity index (χ1) is 17.9. The number of rotatable bonds is 11. The number of unbranched alkanes of at least 4 members (excludes halogenated alkanes) is 1. The summed E-state index contributed by atoms with van der Waals surface area (Å²) in [6, 6.07) is 26.1. The molecule has 3 aromatic carbocycles. The van der Waals surface area contributed by atoms with Crippen LogP contribution in [0, 0.1) is 6.92 Å². The van der Waals surface area contributed by atoms with Crippen molar-refractivity contribution in [2.75, 3.05) is 12.3 Å². The van der Waals surface area contributed by atoms with Crippen LogP contribution < -0.4 is 5.32 Å². The van der Waals surface area contributed by atoms with E-state index in [1.165, 1.54) is 11.1 Å². The van der Waals surface area contributed by atoms with E-state index in [1.54, 1.807) is 11.8 Å². The van der Waals surface area contributed by atoms with Crippen LogP contribution in [0.3, 0.4) is 0 Å². The van der Waals surface area contributed by atoms with Gasteiger partial charge in [-0.2, -0.15) is 0 Å². The molecule has 1 aliphatic rings. The van der Waals surface area contributed by atoms with Crippen molar-refractivity contribution in [3.05, 3.63) is 106 Å². The Morgan fingerprint density at radius 1 is 1.03 bits per heavy atom. The molecule has 1 N–H and O–H groups in total. The first kappa shape index (κ1) is 27.5. The third kappa shape index (κ3) is 6.47. The predicted octanol–water partition coefficient (Wildman–Crippen LogP) is 6.86. The van der Waals surface area contributed by atoms with Gasteiger partial charge in [0.2, 0.25) is 11.8 Å². The molecule has 2 atom stereocenters. The largest absolute Gasteiger partial charge is 0.354 e. The molecule has 2 amide bonds. The molecule has 1 saturated heterocycles. The van der Waals surface area contributed by atoms with Crippen LogP contribution in [0.15, 0.2) is 83.3 Å². The fraction of sp³-hybridized carbons (Fsp3) is 0.355. The summed E-state index contributed by atoms with van der Waals surface area (Å²) in [4.78, 5) is 29.7. The smallest absolute Gasteiger partial charge is 0.239 e. The Hall–Kier alpha value is -2.57. The third-order valence-corrected chi connectivity index (χ3v) is 9.23. The van der Waals surface area contributed by atoms with Crippen LogP contribution in [0.5, 0.6) is 0 Å². The number of hydrogen-bond donors (Lipinski definition) is 1. The first-order valence-electron chi connectivity index (χ1n) is 13.0. The number of thioether (sulfide) groups is 1. The second-order valence-electron chi connectivity index (χ2n) is 9.69. The van der Waals surface area contributed by atoms with Gasteiger partial charge >= 0.3 is 0 Å². The Bertz CT molecular complexity index is 1200. The number of nitrogens with one attached hydrogen (secondary N) is 1. The molecule has 0 bridgehead atoms. The van der Waals surface area contributed by atoms with E-state index in [9.17, 15) is 9.59 Å². The van der Waals surface area contributed by atoms with Gasteiger partial charge < -0.3 is 10.2 Å². The molecule has 0 saturated carbocycles. The quantitative estimate of drug-likeness (QED) is 0.253. The van der Waals surface area contributed by atoms with Gasteiger partial charge in [-0.3, -0.25) is 9.59 Å². The van der Waals surface area contributed by atoms with E-state index in [0.717, 1.165) is 40.6 Å². The number of hydrogen-bond acceptors (Lipinski definition) is 3. The molecule has 1 aliphatic heterocycles. The minimum absolute atomic E-state index is 0.0160. The molecule has 37 heavy (non-hydrogen) atoms. The van der Waals surface area contributed by atoms with E-state index in [-0.39, 0.29) is 24.3 Å². The van der Waals surface area contributed by atoms with Crippen LogP contribution in [0.25, 0.3) is 0 Å². The molecule has 0 aromatic heterocycles. The lowest BCUT2D eigenvalue weighted by molar-refractivity contribution is -0.129. The third-order valence-electron chi connectivity index (χ3n) is 6.94. The minimum Gasteiger partial charge on any atom is -0.354 e. The molecular formula is C31H35BrN2O2S. The number of aryl methyl sites for hydroxylation is 1. The van der Waals surface area contributed by atoms with Crippen molar-refractivity contribution in [3.63, 3.8) is 0 Å². The number of likely N-dealkylation sites (tertiary alicyclic amines) is 1. The van der Waals surface area contributed by atoms with Crippen molar-refractivity contribution in [1.29, 1.82) is 0 Å². The Labute approximate surface area is 233 Å². The Morgan fingerprint density at radius 2 is 1.73 bits per heavy atom. The minimum atomic E-state index is -0.905. The second-order valence-corrected chi connectivity index (χ2v) is 12.0. The maximum Gasteiger partial charge on any atom is 0.239 e. The van der Waals surface area contributed by atoms with Crippen LogP contribution in [0.1, 0.15) is 54.5 Å². The molecule has 4 rings (SSSR count). The lowest BCUT2D eigenvalue weighted by Gasteiger charge is -2.37. The van der Waals surface area contributed by atoms with Crippen LogP contribution in [0.2, 0.25) is 0 Å². The fourth-order valence-electron chi connectivity index (χ4n) is 4.92. The van der Waals surface area contributed by atoms with Gasteiger partial charge in [-0.1, -0.05) is 108 Å². The summed E-state index contributed by atoms with van der Waals surface area (Å²) < 4.78 is 0.0127. The summed E-state index contributed by atoms with van der Waals surface area (Å²) in [6.07, 6.45) is 2.98. The van der Waals surface area contributed by atoms with E-state index in [4.69, 9.17) is 0 Å². The zero-order chi connectivity index (χ0) is 26.3. The molecule has 2 unspecified atom stereocenters. The van der Waals surface area contributed by atoms with Crippen molar-refractivity contribution in [2.24, 2.45) is 0 Å². The van der Waals surface area contributed by atoms with Crippen LogP contribution >= 0.6 is 27.7 Å². The van der Waals surface area contributed by atoms with Crippen LogP contribution in [-0.4, -0.2) is 33.8 Å². The molecule has 1 heterocycles. The topological polar surface area (TPSA) is 49.4 Å².